The predicted molar refractivity (Wildman–Crippen MR) is 137 cm³/mol. The quantitative estimate of drug-likeness (QED) is 0.438. The fraction of sp³-hybridized carbons (Fsp3) is 0.259. The minimum Gasteiger partial charge on any atom is -0.322 e. The van der Waals surface area contributed by atoms with Crippen LogP contribution in [0.1, 0.15) is 40.4 Å². The van der Waals surface area contributed by atoms with Crippen molar-refractivity contribution < 1.29 is 9.59 Å². The summed E-state index contributed by atoms with van der Waals surface area (Å²) in [6.45, 7) is 2.38. The van der Waals surface area contributed by atoms with Crippen LogP contribution in [0.5, 0.6) is 0 Å². The average molecular weight is 496 g/mol. The number of carbonyl (C=O) groups is 2. The molecule has 1 atom stereocenters. The number of Topliss-reactive ketones (excluding diaryl/α,β-unsaturated/α-hetero) is 1. The van der Waals surface area contributed by atoms with Crippen LogP contribution in [-0.4, -0.2) is 29.7 Å². The predicted octanol–water partition coefficient (Wildman–Crippen LogP) is 5.73. The number of halogens is 2. The van der Waals surface area contributed by atoms with Crippen LogP contribution in [0.2, 0.25) is 10.0 Å². The summed E-state index contributed by atoms with van der Waals surface area (Å²) >= 11 is 12.1. The Bertz CT molecular complexity index is 1160. The van der Waals surface area contributed by atoms with E-state index >= 15 is 0 Å². The zero-order valence-corrected chi connectivity index (χ0v) is 20.2. The van der Waals surface area contributed by atoms with Gasteiger partial charge in [0.2, 0.25) is 0 Å². The van der Waals surface area contributed by atoms with Gasteiger partial charge in [0.15, 0.2) is 5.78 Å². The minimum absolute atomic E-state index is 0.0552. The van der Waals surface area contributed by atoms with Gasteiger partial charge in [-0.2, -0.15) is 0 Å². The van der Waals surface area contributed by atoms with Crippen molar-refractivity contribution in [3.05, 3.63) is 99.5 Å². The van der Waals surface area contributed by atoms with Crippen LogP contribution < -0.4 is 11.1 Å². The highest BCUT2D eigenvalue weighted by molar-refractivity contribution is 6.31. The van der Waals surface area contributed by atoms with Gasteiger partial charge in [-0.25, -0.2) is 0 Å². The maximum Gasteiger partial charge on any atom is 0.255 e. The lowest BCUT2D eigenvalue weighted by atomic mass is 9.86. The van der Waals surface area contributed by atoms with Crippen LogP contribution in [0, 0.1) is 5.92 Å². The maximum atomic E-state index is 12.9. The number of hydrogen-bond acceptors (Lipinski definition) is 4. The molecule has 1 fully saturated rings. The SMILES string of the molecule is NC(C(=O)C1CCN(Cc2cccc(NC(=O)c3ccc(Cl)cc3)c2)CC1)c1ccccc1Cl. The molecule has 1 saturated heterocycles. The van der Waals surface area contributed by atoms with Crippen LogP contribution in [-0.2, 0) is 11.3 Å². The molecule has 0 saturated carbocycles. The first kappa shape index (κ1) is 24.4. The van der Waals surface area contributed by atoms with E-state index in [4.69, 9.17) is 28.9 Å². The Hall–Kier alpha value is -2.70. The lowest BCUT2D eigenvalue weighted by Crippen LogP contribution is -2.38. The molecule has 1 unspecified atom stereocenters. The topological polar surface area (TPSA) is 75.4 Å². The third-order valence-electron chi connectivity index (χ3n) is 6.23. The van der Waals surface area contributed by atoms with Crippen molar-refractivity contribution in [3.8, 4) is 0 Å². The second-order valence-corrected chi connectivity index (χ2v) is 9.46. The smallest absolute Gasteiger partial charge is 0.255 e. The van der Waals surface area contributed by atoms with Crippen LogP contribution in [0.4, 0.5) is 5.69 Å². The molecular formula is C27H27Cl2N3O2. The molecule has 1 heterocycles. The number of piperidine rings is 1. The van der Waals surface area contributed by atoms with E-state index in [1.165, 1.54) is 0 Å². The average Bonchev–Trinajstić information content (AvgIpc) is 2.84. The molecule has 0 aliphatic carbocycles. The first-order chi connectivity index (χ1) is 16.4. The Kier molecular flexibility index (Phi) is 8.01. The number of hydrogen-bond donors (Lipinski definition) is 2. The standard InChI is InChI=1S/C27H27Cl2N3O2/c28-21-10-8-20(9-11-21)27(34)31-22-5-3-4-18(16-22)17-32-14-12-19(13-15-32)26(33)25(30)23-6-1-2-7-24(23)29/h1-11,16,19,25H,12-15,17,30H2,(H,31,34). The Morgan fingerprint density at radius 3 is 2.38 bits per heavy atom. The summed E-state index contributed by atoms with van der Waals surface area (Å²) in [5.74, 6) is -0.185. The van der Waals surface area contributed by atoms with E-state index in [0.29, 0.717) is 21.2 Å². The molecule has 0 spiro atoms. The number of likely N-dealkylation sites (tertiary alicyclic amines) is 1. The molecule has 3 aromatic carbocycles. The highest BCUT2D eigenvalue weighted by atomic mass is 35.5. The van der Waals surface area contributed by atoms with Crippen molar-refractivity contribution in [1.82, 2.24) is 4.90 Å². The molecule has 4 rings (SSSR count). The van der Waals surface area contributed by atoms with E-state index in [1.54, 1.807) is 30.3 Å². The second-order valence-electron chi connectivity index (χ2n) is 8.61. The van der Waals surface area contributed by atoms with Crippen molar-refractivity contribution in [2.75, 3.05) is 18.4 Å². The molecule has 3 N–H and O–H groups in total. The molecule has 0 radical (unpaired) electrons. The molecule has 0 bridgehead atoms. The molecule has 3 aromatic rings. The van der Waals surface area contributed by atoms with Crippen molar-refractivity contribution >= 4 is 40.6 Å². The first-order valence-corrected chi connectivity index (χ1v) is 12.1. The van der Waals surface area contributed by atoms with Gasteiger partial charge in [-0.05, 0) is 79.5 Å². The summed E-state index contributed by atoms with van der Waals surface area (Å²) in [4.78, 5) is 27.8. The van der Waals surface area contributed by atoms with Crippen molar-refractivity contribution in [2.45, 2.75) is 25.4 Å². The maximum absolute atomic E-state index is 12.9. The lowest BCUT2D eigenvalue weighted by Gasteiger charge is -2.32. The van der Waals surface area contributed by atoms with Gasteiger partial charge in [-0.3, -0.25) is 14.5 Å². The van der Waals surface area contributed by atoms with E-state index in [-0.39, 0.29) is 17.6 Å². The number of nitrogens with two attached hydrogens (primary N) is 1. The number of anilines is 1. The van der Waals surface area contributed by atoms with Crippen LogP contribution in [0.3, 0.4) is 0 Å². The number of ketones is 1. The zero-order chi connectivity index (χ0) is 24.1. The summed E-state index contributed by atoms with van der Waals surface area (Å²) in [7, 11) is 0. The molecule has 5 nitrogen and oxygen atoms in total. The van der Waals surface area contributed by atoms with Gasteiger partial charge in [-0.15, -0.1) is 0 Å². The van der Waals surface area contributed by atoms with Gasteiger partial charge in [0.05, 0.1) is 6.04 Å². The van der Waals surface area contributed by atoms with Crippen molar-refractivity contribution in [3.63, 3.8) is 0 Å². The van der Waals surface area contributed by atoms with E-state index in [0.717, 1.165) is 43.7 Å². The fourth-order valence-corrected chi connectivity index (χ4v) is 4.70. The Balaban J connectivity index is 1.31. The largest absolute Gasteiger partial charge is 0.322 e. The molecule has 1 aliphatic rings. The summed E-state index contributed by atoms with van der Waals surface area (Å²) in [5, 5.41) is 4.06. The van der Waals surface area contributed by atoms with Crippen LogP contribution in [0.25, 0.3) is 0 Å². The molecule has 1 amide bonds. The fourth-order valence-electron chi connectivity index (χ4n) is 4.32. The van der Waals surface area contributed by atoms with Gasteiger partial charge in [0, 0.05) is 33.8 Å². The second kappa shape index (κ2) is 11.2. The number of rotatable bonds is 7. The van der Waals surface area contributed by atoms with Gasteiger partial charge in [0.1, 0.15) is 0 Å². The summed E-state index contributed by atoms with van der Waals surface area (Å²) in [6.07, 6.45) is 1.54. The normalized spacial score (nSPS) is 15.6. The molecular weight excluding hydrogens is 469 g/mol. The summed E-state index contributed by atoms with van der Waals surface area (Å²) < 4.78 is 0. The van der Waals surface area contributed by atoms with Crippen molar-refractivity contribution in [2.24, 2.45) is 11.7 Å². The van der Waals surface area contributed by atoms with Crippen molar-refractivity contribution in [1.29, 1.82) is 0 Å². The monoisotopic (exact) mass is 495 g/mol. The molecule has 1 aliphatic heterocycles. The number of amides is 1. The number of nitrogens with one attached hydrogen (secondary N) is 1. The Morgan fingerprint density at radius 2 is 1.68 bits per heavy atom. The molecule has 0 aromatic heterocycles. The van der Waals surface area contributed by atoms with E-state index in [2.05, 4.69) is 10.2 Å². The van der Waals surface area contributed by atoms with Gasteiger partial charge in [0.25, 0.3) is 5.91 Å². The Labute approximate surface area is 209 Å². The summed E-state index contributed by atoms with van der Waals surface area (Å²) in [5.41, 5.74) is 9.33. The third-order valence-corrected chi connectivity index (χ3v) is 6.83. The highest BCUT2D eigenvalue weighted by Crippen LogP contribution is 2.28. The van der Waals surface area contributed by atoms with Gasteiger partial charge in [-0.1, -0.05) is 53.5 Å². The summed E-state index contributed by atoms with van der Waals surface area (Å²) in [6, 6.07) is 21.2. The number of nitrogens with zero attached hydrogens (tertiary/aromatic N) is 1. The van der Waals surface area contributed by atoms with E-state index in [1.807, 2.05) is 42.5 Å². The molecule has 176 valence electrons. The number of carbonyl (C=O) groups excluding carboxylic acids is 2. The lowest BCUT2D eigenvalue weighted by molar-refractivity contribution is -0.125. The number of benzene rings is 3. The van der Waals surface area contributed by atoms with Crippen LogP contribution >= 0.6 is 23.2 Å². The van der Waals surface area contributed by atoms with E-state index < -0.39 is 6.04 Å². The van der Waals surface area contributed by atoms with E-state index in [9.17, 15) is 9.59 Å². The van der Waals surface area contributed by atoms with Gasteiger partial charge >= 0.3 is 0 Å². The minimum atomic E-state index is -0.689. The van der Waals surface area contributed by atoms with Gasteiger partial charge < -0.3 is 11.1 Å². The molecule has 34 heavy (non-hydrogen) atoms. The zero-order valence-electron chi connectivity index (χ0n) is 18.7. The molecule has 7 heteroatoms. The van der Waals surface area contributed by atoms with Crippen LogP contribution in [0.15, 0.2) is 72.8 Å². The Morgan fingerprint density at radius 1 is 0.971 bits per heavy atom. The highest BCUT2D eigenvalue weighted by Gasteiger charge is 2.30. The third kappa shape index (κ3) is 6.05. The first-order valence-electron chi connectivity index (χ1n) is 11.3.